The molecule has 1 saturated heterocycles. The lowest BCUT2D eigenvalue weighted by molar-refractivity contribution is 0.317. The van der Waals surface area contributed by atoms with Gasteiger partial charge in [-0.3, -0.25) is 4.90 Å². The van der Waals surface area contributed by atoms with Gasteiger partial charge in [-0.25, -0.2) is 0 Å². The summed E-state index contributed by atoms with van der Waals surface area (Å²) < 4.78 is 2.25. The van der Waals surface area contributed by atoms with E-state index in [-0.39, 0.29) is 0 Å². The second-order valence-electron chi connectivity index (χ2n) is 5.34. The number of hydrogen-bond acceptors (Lipinski definition) is 2. The Labute approximate surface area is 125 Å². The average Bonchev–Trinajstić information content (AvgIpc) is 3.11. The first-order chi connectivity index (χ1) is 8.72. The Balaban J connectivity index is 1.50. The Bertz CT molecular complexity index is 432. The van der Waals surface area contributed by atoms with Crippen molar-refractivity contribution in [2.24, 2.45) is 0 Å². The maximum Gasteiger partial charge on any atom is 0.0320 e. The van der Waals surface area contributed by atoms with E-state index in [1.165, 1.54) is 37.9 Å². The molecule has 1 saturated carbocycles. The first-order valence-electron chi connectivity index (χ1n) is 6.64. The average molecular weight is 374 g/mol. The van der Waals surface area contributed by atoms with Crippen molar-refractivity contribution in [1.29, 1.82) is 0 Å². The molecule has 4 heteroatoms. The van der Waals surface area contributed by atoms with Crippen LogP contribution in [-0.4, -0.2) is 30.1 Å². The van der Waals surface area contributed by atoms with Crippen molar-refractivity contribution < 1.29 is 0 Å². The van der Waals surface area contributed by atoms with E-state index in [1.807, 2.05) is 0 Å². The van der Waals surface area contributed by atoms with Crippen LogP contribution in [0.1, 0.15) is 24.8 Å². The lowest BCUT2D eigenvalue weighted by atomic mass is 10.2. The fourth-order valence-electron chi connectivity index (χ4n) is 2.64. The van der Waals surface area contributed by atoms with Crippen LogP contribution in [0.4, 0.5) is 0 Å². The number of nitrogens with zero attached hydrogens (tertiary/aromatic N) is 1. The number of rotatable bonds is 4. The maximum absolute atomic E-state index is 3.68. The second-order valence-corrected chi connectivity index (χ2v) is 7.05. The van der Waals surface area contributed by atoms with Gasteiger partial charge in [0, 0.05) is 40.7 Å². The predicted molar refractivity (Wildman–Crippen MR) is 81.7 cm³/mol. The number of hydrogen-bond donors (Lipinski definition) is 1. The van der Waals surface area contributed by atoms with E-state index in [0.717, 1.165) is 21.5 Å². The van der Waals surface area contributed by atoms with Crippen molar-refractivity contribution in [3.05, 3.63) is 32.7 Å². The van der Waals surface area contributed by atoms with Gasteiger partial charge in [-0.1, -0.05) is 6.07 Å². The zero-order valence-electron chi connectivity index (χ0n) is 10.3. The molecular formula is C14H18Br2N2. The minimum atomic E-state index is 0.674. The summed E-state index contributed by atoms with van der Waals surface area (Å²) in [6.45, 7) is 3.49. The largest absolute Gasteiger partial charge is 0.309 e. The molecule has 0 amide bonds. The number of benzene rings is 1. The van der Waals surface area contributed by atoms with E-state index in [2.05, 4.69) is 60.3 Å². The summed E-state index contributed by atoms with van der Waals surface area (Å²) in [5, 5.41) is 3.68. The Hall–Kier alpha value is 0.1000. The van der Waals surface area contributed by atoms with E-state index in [4.69, 9.17) is 0 Å². The Morgan fingerprint density at radius 1 is 1.17 bits per heavy atom. The van der Waals surface area contributed by atoms with Gasteiger partial charge in [-0.15, -0.1) is 0 Å². The van der Waals surface area contributed by atoms with Crippen LogP contribution in [0.15, 0.2) is 27.1 Å². The van der Waals surface area contributed by atoms with E-state index < -0.39 is 0 Å². The molecule has 3 rings (SSSR count). The number of likely N-dealkylation sites (tertiary alicyclic amines) is 1. The number of nitrogens with one attached hydrogen (secondary N) is 1. The van der Waals surface area contributed by atoms with Crippen molar-refractivity contribution in [2.45, 2.75) is 37.9 Å². The molecule has 1 aliphatic heterocycles. The van der Waals surface area contributed by atoms with Crippen molar-refractivity contribution in [3.63, 3.8) is 0 Å². The van der Waals surface area contributed by atoms with Gasteiger partial charge >= 0.3 is 0 Å². The topological polar surface area (TPSA) is 15.3 Å². The van der Waals surface area contributed by atoms with Crippen LogP contribution in [0.25, 0.3) is 0 Å². The van der Waals surface area contributed by atoms with Crippen LogP contribution >= 0.6 is 31.9 Å². The van der Waals surface area contributed by atoms with Crippen LogP contribution < -0.4 is 5.32 Å². The molecule has 18 heavy (non-hydrogen) atoms. The van der Waals surface area contributed by atoms with Gasteiger partial charge in [0.25, 0.3) is 0 Å². The zero-order chi connectivity index (χ0) is 12.5. The van der Waals surface area contributed by atoms with Crippen LogP contribution in [-0.2, 0) is 6.54 Å². The predicted octanol–water partition coefficient (Wildman–Crippen LogP) is 3.54. The fourth-order valence-corrected chi connectivity index (χ4v) is 3.31. The van der Waals surface area contributed by atoms with Crippen molar-refractivity contribution in [1.82, 2.24) is 10.2 Å². The molecule has 1 heterocycles. The van der Waals surface area contributed by atoms with Gasteiger partial charge in [-0.05, 0) is 68.8 Å². The second kappa shape index (κ2) is 5.61. The molecule has 0 bridgehead atoms. The van der Waals surface area contributed by atoms with Gasteiger partial charge in [-0.2, -0.15) is 0 Å². The lowest BCUT2D eigenvalue weighted by Gasteiger charge is -2.16. The highest BCUT2D eigenvalue weighted by Gasteiger charge is 2.33. The van der Waals surface area contributed by atoms with Gasteiger partial charge < -0.3 is 5.32 Å². The van der Waals surface area contributed by atoms with Crippen LogP contribution in [0.5, 0.6) is 0 Å². The molecule has 1 unspecified atom stereocenters. The molecule has 2 fully saturated rings. The molecule has 1 atom stereocenters. The first-order valence-corrected chi connectivity index (χ1v) is 8.22. The SMILES string of the molecule is Brc1ccc(CNC2CCN(C3CC3)C2)cc1Br. The van der Waals surface area contributed by atoms with Crippen molar-refractivity contribution >= 4 is 31.9 Å². The van der Waals surface area contributed by atoms with E-state index >= 15 is 0 Å². The molecule has 1 N–H and O–H groups in total. The van der Waals surface area contributed by atoms with Crippen LogP contribution in [0, 0.1) is 0 Å². The standard InChI is InChI=1S/C14H18Br2N2/c15-13-4-1-10(7-14(13)16)8-17-11-5-6-18(9-11)12-2-3-12/h1,4,7,11-12,17H,2-3,5-6,8-9H2. The van der Waals surface area contributed by atoms with Gasteiger partial charge in [0.05, 0.1) is 0 Å². The third kappa shape index (κ3) is 3.16. The molecule has 2 aliphatic rings. The molecule has 1 aromatic rings. The third-order valence-electron chi connectivity index (χ3n) is 3.86. The minimum Gasteiger partial charge on any atom is -0.309 e. The van der Waals surface area contributed by atoms with Crippen LogP contribution in [0.3, 0.4) is 0 Å². The smallest absolute Gasteiger partial charge is 0.0320 e. The summed E-state index contributed by atoms with van der Waals surface area (Å²) in [5.74, 6) is 0. The van der Waals surface area contributed by atoms with Gasteiger partial charge in [0.15, 0.2) is 0 Å². The minimum absolute atomic E-state index is 0.674. The molecule has 0 aromatic heterocycles. The Kier molecular flexibility index (Phi) is 4.09. The molecule has 0 radical (unpaired) electrons. The van der Waals surface area contributed by atoms with E-state index in [9.17, 15) is 0 Å². The van der Waals surface area contributed by atoms with Crippen molar-refractivity contribution in [3.8, 4) is 0 Å². The summed E-state index contributed by atoms with van der Waals surface area (Å²) >= 11 is 7.06. The van der Waals surface area contributed by atoms with E-state index in [1.54, 1.807) is 0 Å². The summed E-state index contributed by atoms with van der Waals surface area (Å²) in [5.41, 5.74) is 1.34. The Morgan fingerprint density at radius 2 is 2.00 bits per heavy atom. The highest BCUT2D eigenvalue weighted by atomic mass is 79.9. The summed E-state index contributed by atoms with van der Waals surface area (Å²) in [6.07, 6.45) is 4.15. The molecule has 1 aliphatic carbocycles. The van der Waals surface area contributed by atoms with Gasteiger partial charge in [0.2, 0.25) is 0 Å². The molecular weight excluding hydrogens is 356 g/mol. The van der Waals surface area contributed by atoms with E-state index in [0.29, 0.717) is 6.04 Å². The quantitative estimate of drug-likeness (QED) is 0.868. The van der Waals surface area contributed by atoms with Gasteiger partial charge in [0.1, 0.15) is 0 Å². The summed E-state index contributed by atoms with van der Waals surface area (Å²) in [6, 6.07) is 8.05. The zero-order valence-corrected chi connectivity index (χ0v) is 13.5. The summed E-state index contributed by atoms with van der Waals surface area (Å²) in [4.78, 5) is 2.65. The number of halogens is 2. The highest BCUT2D eigenvalue weighted by Crippen LogP contribution is 2.30. The van der Waals surface area contributed by atoms with Crippen molar-refractivity contribution in [2.75, 3.05) is 13.1 Å². The lowest BCUT2D eigenvalue weighted by Crippen LogP contribution is -2.32. The molecule has 1 aromatic carbocycles. The highest BCUT2D eigenvalue weighted by molar-refractivity contribution is 9.13. The Morgan fingerprint density at radius 3 is 2.72 bits per heavy atom. The first kappa shape index (κ1) is 13.1. The molecule has 2 nitrogen and oxygen atoms in total. The third-order valence-corrected chi connectivity index (χ3v) is 5.74. The monoisotopic (exact) mass is 372 g/mol. The maximum atomic E-state index is 3.68. The molecule has 98 valence electrons. The summed E-state index contributed by atoms with van der Waals surface area (Å²) in [7, 11) is 0. The fraction of sp³-hybridized carbons (Fsp3) is 0.571. The normalized spacial score (nSPS) is 24.7. The van der Waals surface area contributed by atoms with Crippen LogP contribution in [0.2, 0.25) is 0 Å². The molecule has 0 spiro atoms.